The first-order chi connectivity index (χ1) is 14.7. The minimum absolute atomic E-state index is 0.171. The highest BCUT2D eigenvalue weighted by molar-refractivity contribution is 7.84. The van der Waals surface area contributed by atoms with Crippen molar-refractivity contribution in [2.45, 2.75) is 44.1 Å². The number of anilines is 1. The van der Waals surface area contributed by atoms with Gasteiger partial charge in [-0.05, 0) is 31.2 Å². The van der Waals surface area contributed by atoms with Gasteiger partial charge in [0.15, 0.2) is 0 Å². The van der Waals surface area contributed by atoms with Gasteiger partial charge in [-0.1, -0.05) is 0 Å². The number of nitrogens with two attached hydrogens (primary N) is 1. The average molecular weight is 452 g/mol. The van der Waals surface area contributed by atoms with Gasteiger partial charge in [-0.25, -0.2) is 15.1 Å². The van der Waals surface area contributed by atoms with Crippen molar-refractivity contribution in [3.63, 3.8) is 0 Å². The SMILES string of the molecule is NS(=O)(=O)OC[C@H]1C[C@@H](Nc2ncncc2C(=O)c2ccn(CC3CC3)n2)[C@H](O)[C@@H]1O. The van der Waals surface area contributed by atoms with Gasteiger partial charge in [0.25, 0.3) is 0 Å². The quantitative estimate of drug-likeness (QED) is 0.346. The molecule has 13 heteroatoms. The third-order valence-corrected chi connectivity index (χ3v) is 6.01. The molecule has 2 aromatic heterocycles. The fourth-order valence-corrected chi connectivity index (χ4v) is 4.05. The van der Waals surface area contributed by atoms with Crippen molar-refractivity contribution < 1.29 is 27.6 Å². The Balaban J connectivity index is 1.47. The van der Waals surface area contributed by atoms with E-state index in [0.29, 0.717) is 5.92 Å². The normalized spacial score (nSPS) is 26.2. The molecule has 4 atom stereocenters. The molecule has 2 fully saturated rings. The molecule has 0 amide bonds. The Kier molecular flexibility index (Phi) is 6.03. The van der Waals surface area contributed by atoms with E-state index >= 15 is 0 Å². The molecule has 0 radical (unpaired) electrons. The smallest absolute Gasteiger partial charge is 0.333 e. The molecule has 5 N–H and O–H groups in total. The molecule has 0 saturated heterocycles. The predicted molar refractivity (Wildman–Crippen MR) is 107 cm³/mol. The maximum atomic E-state index is 13.0. The Bertz CT molecular complexity index is 1060. The second-order valence-electron chi connectivity index (χ2n) is 7.99. The van der Waals surface area contributed by atoms with Gasteiger partial charge in [0.05, 0.1) is 24.3 Å². The van der Waals surface area contributed by atoms with E-state index < -0.39 is 34.5 Å². The van der Waals surface area contributed by atoms with E-state index in [1.807, 2.05) is 0 Å². The first kappa shape index (κ1) is 21.8. The van der Waals surface area contributed by atoms with Crippen LogP contribution in [-0.2, 0) is 21.0 Å². The van der Waals surface area contributed by atoms with E-state index in [2.05, 4.69) is 24.6 Å². The van der Waals surface area contributed by atoms with Crippen molar-refractivity contribution in [1.82, 2.24) is 19.7 Å². The van der Waals surface area contributed by atoms with Crippen molar-refractivity contribution in [1.29, 1.82) is 0 Å². The van der Waals surface area contributed by atoms with Gasteiger partial charge < -0.3 is 15.5 Å². The topological polar surface area (TPSA) is 183 Å². The highest BCUT2D eigenvalue weighted by atomic mass is 32.2. The highest BCUT2D eigenvalue weighted by Gasteiger charge is 2.42. The van der Waals surface area contributed by atoms with E-state index in [0.717, 1.165) is 6.54 Å². The molecule has 2 saturated carbocycles. The molecule has 2 heterocycles. The first-order valence-corrected chi connectivity index (χ1v) is 11.4. The van der Waals surface area contributed by atoms with Gasteiger partial charge in [0.2, 0.25) is 5.78 Å². The second-order valence-corrected chi connectivity index (χ2v) is 9.21. The number of hydrogen-bond donors (Lipinski definition) is 4. The van der Waals surface area contributed by atoms with Gasteiger partial charge in [0, 0.05) is 24.9 Å². The number of carbonyl (C=O) groups is 1. The number of rotatable bonds is 9. The fourth-order valence-electron chi connectivity index (χ4n) is 3.69. The van der Waals surface area contributed by atoms with Crippen molar-refractivity contribution >= 4 is 21.9 Å². The summed E-state index contributed by atoms with van der Waals surface area (Å²) in [6, 6.07) is 0.939. The summed E-state index contributed by atoms with van der Waals surface area (Å²) < 4.78 is 28.3. The van der Waals surface area contributed by atoms with Crippen LogP contribution in [0.1, 0.15) is 35.3 Å². The van der Waals surface area contributed by atoms with Crippen LogP contribution in [0.15, 0.2) is 24.8 Å². The number of carbonyl (C=O) groups excluding carboxylic acids is 1. The third kappa shape index (κ3) is 5.25. The van der Waals surface area contributed by atoms with Crippen LogP contribution in [0.3, 0.4) is 0 Å². The zero-order valence-electron chi connectivity index (χ0n) is 16.5. The van der Waals surface area contributed by atoms with Gasteiger partial charge in [-0.3, -0.25) is 13.7 Å². The van der Waals surface area contributed by atoms with Crippen molar-refractivity contribution in [2.24, 2.45) is 17.0 Å². The van der Waals surface area contributed by atoms with Gasteiger partial charge >= 0.3 is 10.3 Å². The largest absolute Gasteiger partial charge is 0.390 e. The molecule has 2 aliphatic rings. The summed E-state index contributed by atoms with van der Waals surface area (Å²) >= 11 is 0. The lowest BCUT2D eigenvalue weighted by atomic mass is 10.1. The first-order valence-electron chi connectivity index (χ1n) is 9.89. The van der Waals surface area contributed by atoms with Crippen LogP contribution in [0.4, 0.5) is 5.82 Å². The molecule has 0 unspecified atom stereocenters. The van der Waals surface area contributed by atoms with Crippen molar-refractivity contribution in [3.8, 4) is 0 Å². The Hall–Kier alpha value is -2.45. The molecule has 0 aliphatic heterocycles. The predicted octanol–water partition coefficient (Wildman–Crippen LogP) is -0.944. The molecule has 31 heavy (non-hydrogen) atoms. The van der Waals surface area contributed by atoms with E-state index in [-0.39, 0.29) is 35.9 Å². The van der Waals surface area contributed by atoms with Crippen LogP contribution in [0.2, 0.25) is 0 Å². The van der Waals surface area contributed by atoms with Crippen LogP contribution in [0.5, 0.6) is 0 Å². The Morgan fingerprint density at radius 1 is 1.32 bits per heavy atom. The third-order valence-electron chi connectivity index (χ3n) is 5.54. The summed E-state index contributed by atoms with van der Waals surface area (Å²) in [5, 5.41) is 32.7. The monoisotopic (exact) mass is 452 g/mol. The zero-order valence-corrected chi connectivity index (χ0v) is 17.4. The zero-order chi connectivity index (χ0) is 22.2. The van der Waals surface area contributed by atoms with Crippen molar-refractivity contribution in [3.05, 3.63) is 36.0 Å². The molecule has 12 nitrogen and oxygen atoms in total. The Morgan fingerprint density at radius 3 is 2.81 bits per heavy atom. The van der Waals surface area contributed by atoms with Crippen LogP contribution in [0, 0.1) is 11.8 Å². The summed E-state index contributed by atoms with van der Waals surface area (Å²) in [6.07, 6.45) is 4.41. The fraction of sp³-hybridized carbons (Fsp3) is 0.556. The summed E-state index contributed by atoms with van der Waals surface area (Å²) in [5.41, 5.74) is 0.426. The number of nitrogens with zero attached hydrogens (tertiary/aromatic N) is 4. The standard InChI is InChI=1S/C18H24N6O6S/c19-31(28,29)30-8-11-5-14(17(27)15(11)25)22-18-12(6-20-9-21-18)16(26)13-3-4-24(23-13)7-10-1-2-10/h3-4,6,9-11,14-15,17,25,27H,1-2,5,7-8H2,(H2,19,28,29)(H,20,21,22)/t11-,14-,15-,17+/m1/s1. The maximum absolute atomic E-state index is 13.0. The van der Waals surface area contributed by atoms with Crippen LogP contribution in [0.25, 0.3) is 0 Å². The number of aliphatic hydroxyl groups is 2. The van der Waals surface area contributed by atoms with E-state index in [1.54, 1.807) is 16.9 Å². The van der Waals surface area contributed by atoms with E-state index in [9.17, 15) is 23.4 Å². The van der Waals surface area contributed by atoms with Gasteiger partial charge in [-0.15, -0.1) is 0 Å². The van der Waals surface area contributed by atoms with Gasteiger partial charge in [0.1, 0.15) is 23.9 Å². The minimum atomic E-state index is -4.17. The average Bonchev–Trinajstić information content (AvgIpc) is 3.35. The molecular formula is C18H24N6O6S. The molecule has 168 valence electrons. The number of aliphatic hydroxyl groups excluding tert-OH is 2. The Morgan fingerprint density at radius 2 is 2.10 bits per heavy atom. The summed E-state index contributed by atoms with van der Waals surface area (Å²) in [5.74, 6) is -0.257. The molecule has 2 aromatic rings. The molecule has 2 aliphatic carbocycles. The van der Waals surface area contributed by atoms with E-state index in [1.165, 1.54) is 25.4 Å². The molecule has 0 aromatic carbocycles. The van der Waals surface area contributed by atoms with Crippen LogP contribution < -0.4 is 10.5 Å². The summed E-state index contributed by atoms with van der Waals surface area (Å²) in [6.45, 7) is 0.404. The van der Waals surface area contributed by atoms with Gasteiger partial charge in [-0.2, -0.15) is 13.5 Å². The summed E-state index contributed by atoms with van der Waals surface area (Å²) in [4.78, 5) is 21.0. The molecular weight excluding hydrogens is 428 g/mol. The second kappa shape index (κ2) is 8.59. The number of nitrogens with one attached hydrogen (secondary N) is 1. The maximum Gasteiger partial charge on any atom is 0.333 e. The molecule has 4 rings (SSSR count). The van der Waals surface area contributed by atoms with Crippen LogP contribution in [-0.4, -0.2) is 69.0 Å². The molecule has 0 bridgehead atoms. The lowest BCUT2D eigenvalue weighted by molar-refractivity contribution is 0.00778. The van der Waals surface area contributed by atoms with Crippen molar-refractivity contribution in [2.75, 3.05) is 11.9 Å². The van der Waals surface area contributed by atoms with E-state index in [4.69, 9.17) is 5.14 Å². The summed E-state index contributed by atoms with van der Waals surface area (Å²) in [7, 11) is -4.17. The number of aromatic nitrogens is 4. The van der Waals surface area contributed by atoms with Crippen LogP contribution >= 0.6 is 0 Å². The Labute approximate surface area is 178 Å². The number of hydrogen-bond acceptors (Lipinski definition) is 10. The minimum Gasteiger partial charge on any atom is -0.390 e. The number of ketones is 1. The lowest BCUT2D eigenvalue weighted by Crippen LogP contribution is -2.36. The lowest BCUT2D eigenvalue weighted by Gasteiger charge is -2.19. The molecule has 0 spiro atoms. The highest BCUT2D eigenvalue weighted by Crippen LogP contribution is 2.31.